The molecule has 2 aromatic carbocycles. The number of hydrogen-bond acceptors (Lipinski definition) is 4. The Morgan fingerprint density at radius 3 is 2.76 bits per heavy atom. The summed E-state index contributed by atoms with van der Waals surface area (Å²) < 4.78 is 5.33. The van der Waals surface area contributed by atoms with Gasteiger partial charge >= 0.3 is 6.03 Å². The van der Waals surface area contributed by atoms with Gasteiger partial charge in [-0.2, -0.15) is 0 Å². The molecule has 29 heavy (non-hydrogen) atoms. The summed E-state index contributed by atoms with van der Waals surface area (Å²) in [5.41, 5.74) is 2.50. The molecule has 4 rings (SSSR count). The van der Waals surface area contributed by atoms with Gasteiger partial charge in [0.25, 0.3) is 0 Å². The SMILES string of the molecule is COc1ccc(Cl)cc1NC(=O)N1CCN(Cc2ccccc2)c2ncccc21. The van der Waals surface area contributed by atoms with E-state index in [4.69, 9.17) is 16.3 Å². The maximum atomic E-state index is 13.0. The first-order chi connectivity index (χ1) is 14.2. The lowest BCUT2D eigenvalue weighted by Crippen LogP contribution is -2.46. The lowest BCUT2D eigenvalue weighted by atomic mass is 10.2. The Morgan fingerprint density at radius 1 is 1.14 bits per heavy atom. The first kappa shape index (κ1) is 19.1. The summed E-state index contributed by atoms with van der Waals surface area (Å²) in [6.45, 7) is 1.96. The Labute approximate surface area is 174 Å². The summed E-state index contributed by atoms with van der Waals surface area (Å²) >= 11 is 6.08. The Kier molecular flexibility index (Phi) is 5.53. The topological polar surface area (TPSA) is 57.7 Å². The zero-order valence-corrected chi connectivity index (χ0v) is 16.8. The number of rotatable bonds is 4. The smallest absolute Gasteiger partial charge is 0.326 e. The van der Waals surface area contributed by atoms with Gasteiger partial charge in [0.1, 0.15) is 5.75 Å². The molecule has 2 amide bonds. The fourth-order valence-corrected chi connectivity index (χ4v) is 3.59. The van der Waals surface area contributed by atoms with E-state index in [0.717, 1.165) is 18.1 Å². The van der Waals surface area contributed by atoms with Gasteiger partial charge < -0.3 is 15.0 Å². The van der Waals surface area contributed by atoms with E-state index < -0.39 is 0 Å². The number of carbonyl (C=O) groups is 1. The highest BCUT2D eigenvalue weighted by Gasteiger charge is 2.28. The van der Waals surface area contributed by atoms with E-state index in [2.05, 4.69) is 27.3 Å². The molecule has 2 heterocycles. The second-order valence-electron chi connectivity index (χ2n) is 6.68. The number of fused-ring (bicyclic) bond motifs is 1. The van der Waals surface area contributed by atoms with E-state index in [0.29, 0.717) is 29.5 Å². The minimum atomic E-state index is -0.251. The number of benzene rings is 2. The molecule has 0 saturated heterocycles. The summed E-state index contributed by atoms with van der Waals surface area (Å²) in [7, 11) is 1.56. The summed E-state index contributed by atoms with van der Waals surface area (Å²) in [5, 5.41) is 3.43. The normalized spacial score (nSPS) is 13.0. The number of hydrogen-bond donors (Lipinski definition) is 1. The number of methoxy groups -OCH3 is 1. The number of nitrogens with zero attached hydrogens (tertiary/aromatic N) is 3. The highest BCUT2D eigenvalue weighted by molar-refractivity contribution is 6.31. The summed E-state index contributed by atoms with van der Waals surface area (Å²) in [5.74, 6) is 1.34. The molecule has 1 aliphatic rings. The van der Waals surface area contributed by atoms with Gasteiger partial charge in [-0.15, -0.1) is 0 Å². The van der Waals surface area contributed by atoms with Crippen molar-refractivity contribution >= 4 is 34.8 Å². The number of halogens is 1. The number of urea groups is 1. The van der Waals surface area contributed by atoms with Crippen LogP contribution < -0.4 is 19.9 Å². The number of nitrogens with one attached hydrogen (secondary N) is 1. The zero-order valence-electron chi connectivity index (χ0n) is 16.0. The third-order valence-electron chi connectivity index (χ3n) is 4.81. The third-order valence-corrected chi connectivity index (χ3v) is 5.05. The van der Waals surface area contributed by atoms with Crippen LogP contribution in [0, 0.1) is 0 Å². The molecular formula is C22H21ClN4O2. The lowest BCUT2D eigenvalue weighted by molar-refractivity contribution is 0.256. The first-order valence-electron chi connectivity index (χ1n) is 9.31. The number of carbonyl (C=O) groups excluding carboxylic acids is 1. The molecule has 148 valence electrons. The molecule has 1 aromatic heterocycles. The second-order valence-corrected chi connectivity index (χ2v) is 7.12. The highest BCUT2D eigenvalue weighted by atomic mass is 35.5. The Hall–Kier alpha value is -3.25. The van der Waals surface area contributed by atoms with Crippen molar-refractivity contribution in [3.8, 4) is 5.75 Å². The Bertz CT molecular complexity index is 1010. The van der Waals surface area contributed by atoms with E-state index in [9.17, 15) is 4.79 Å². The van der Waals surface area contributed by atoms with Crippen molar-refractivity contribution in [2.75, 3.05) is 35.3 Å². The molecule has 0 saturated carbocycles. The van der Waals surface area contributed by atoms with E-state index in [1.165, 1.54) is 5.56 Å². The number of pyridine rings is 1. The lowest BCUT2D eigenvalue weighted by Gasteiger charge is -2.36. The van der Waals surface area contributed by atoms with Crippen LogP contribution in [0.2, 0.25) is 5.02 Å². The predicted molar refractivity (Wildman–Crippen MR) is 116 cm³/mol. The quantitative estimate of drug-likeness (QED) is 0.673. The molecule has 7 heteroatoms. The molecule has 0 unspecified atom stereocenters. The molecule has 0 spiro atoms. The molecule has 0 aliphatic carbocycles. The average Bonchev–Trinajstić information content (AvgIpc) is 2.75. The predicted octanol–water partition coefficient (Wildman–Crippen LogP) is 4.80. The van der Waals surface area contributed by atoms with Gasteiger partial charge in [0.15, 0.2) is 5.82 Å². The largest absolute Gasteiger partial charge is 0.495 e. The van der Waals surface area contributed by atoms with Crippen molar-refractivity contribution in [3.63, 3.8) is 0 Å². The maximum absolute atomic E-state index is 13.0. The van der Waals surface area contributed by atoms with Gasteiger partial charge in [0, 0.05) is 30.9 Å². The van der Waals surface area contributed by atoms with E-state index >= 15 is 0 Å². The van der Waals surface area contributed by atoms with Crippen LogP contribution in [0.3, 0.4) is 0 Å². The molecule has 0 bridgehead atoms. The summed E-state index contributed by atoms with van der Waals surface area (Å²) in [6, 6.07) is 18.9. The van der Waals surface area contributed by atoms with Crippen LogP contribution >= 0.6 is 11.6 Å². The first-order valence-corrected chi connectivity index (χ1v) is 9.69. The van der Waals surface area contributed by atoms with E-state index in [-0.39, 0.29) is 6.03 Å². The van der Waals surface area contributed by atoms with E-state index in [1.807, 2.05) is 30.3 Å². The molecule has 0 fully saturated rings. The number of amides is 2. The van der Waals surface area contributed by atoms with Crippen molar-refractivity contribution in [2.24, 2.45) is 0 Å². The number of aromatic nitrogens is 1. The summed E-state index contributed by atoms with van der Waals surface area (Å²) in [4.78, 5) is 21.5. The van der Waals surface area contributed by atoms with Crippen LogP contribution in [-0.4, -0.2) is 31.2 Å². The standard InChI is InChI=1S/C22H21ClN4O2/c1-29-20-10-9-17(23)14-18(20)25-22(28)27-13-12-26(15-16-6-3-2-4-7-16)21-19(27)8-5-11-24-21/h2-11,14H,12-13,15H2,1H3,(H,25,28). The van der Waals surface area contributed by atoms with Gasteiger partial charge in [-0.25, -0.2) is 9.78 Å². The minimum Gasteiger partial charge on any atom is -0.495 e. The van der Waals surface area contributed by atoms with Crippen molar-refractivity contribution < 1.29 is 9.53 Å². The third kappa shape index (κ3) is 4.12. The van der Waals surface area contributed by atoms with Gasteiger partial charge in [-0.3, -0.25) is 4.90 Å². The van der Waals surface area contributed by atoms with Gasteiger partial charge in [0.05, 0.1) is 18.5 Å². The monoisotopic (exact) mass is 408 g/mol. The molecule has 1 N–H and O–H groups in total. The van der Waals surface area contributed by atoms with Gasteiger partial charge in [-0.1, -0.05) is 41.9 Å². The highest BCUT2D eigenvalue weighted by Crippen LogP contribution is 2.33. The van der Waals surface area contributed by atoms with Crippen LogP contribution in [0.25, 0.3) is 0 Å². The van der Waals surface area contributed by atoms with Crippen LogP contribution in [0.1, 0.15) is 5.56 Å². The van der Waals surface area contributed by atoms with Crippen LogP contribution in [0.15, 0.2) is 66.9 Å². The molecular weight excluding hydrogens is 388 g/mol. The second kappa shape index (κ2) is 8.41. The van der Waals surface area contributed by atoms with Crippen molar-refractivity contribution in [3.05, 3.63) is 77.4 Å². The van der Waals surface area contributed by atoms with Crippen LogP contribution in [-0.2, 0) is 6.54 Å². The van der Waals surface area contributed by atoms with Gasteiger partial charge in [-0.05, 0) is 35.9 Å². The molecule has 1 aliphatic heterocycles. The zero-order chi connectivity index (χ0) is 20.2. The van der Waals surface area contributed by atoms with Crippen molar-refractivity contribution in [1.29, 1.82) is 0 Å². The molecule has 0 radical (unpaired) electrons. The number of ether oxygens (including phenoxy) is 1. The molecule has 3 aromatic rings. The minimum absolute atomic E-state index is 0.251. The van der Waals surface area contributed by atoms with Crippen molar-refractivity contribution in [1.82, 2.24) is 4.98 Å². The molecule has 6 nitrogen and oxygen atoms in total. The maximum Gasteiger partial charge on any atom is 0.326 e. The van der Waals surface area contributed by atoms with Gasteiger partial charge in [0.2, 0.25) is 0 Å². The number of anilines is 3. The van der Waals surface area contributed by atoms with Crippen LogP contribution in [0.4, 0.5) is 22.0 Å². The van der Waals surface area contributed by atoms with Crippen molar-refractivity contribution in [2.45, 2.75) is 6.54 Å². The Balaban J connectivity index is 1.58. The fraction of sp³-hybridized carbons (Fsp3) is 0.182. The Morgan fingerprint density at radius 2 is 1.97 bits per heavy atom. The average molecular weight is 409 g/mol. The fourth-order valence-electron chi connectivity index (χ4n) is 3.42. The van der Waals surface area contributed by atoms with E-state index in [1.54, 1.807) is 36.4 Å². The van der Waals surface area contributed by atoms with Crippen LogP contribution in [0.5, 0.6) is 5.75 Å². The molecule has 0 atom stereocenters. The summed E-state index contributed by atoms with van der Waals surface area (Å²) in [6.07, 6.45) is 1.75.